The minimum Gasteiger partial charge on any atom is -0.388 e. The van der Waals surface area contributed by atoms with Gasteiger partial charge in [0.2, 0.25) is 0 Å². The van der Waals surface area contributed by atoms with E-state index in [0.29, 0.717) is 25.2 Å². The second-order valence-electron chi connectivity index (χ2n) is 6.28. The van der Waals surface area contributed by atoms with Crippen LogP contribution in [0.3, 0.4) is 0 Å². The van der Waals surface area contributed by atoms with Gasteiger partial charge in [0, 0.05) is 24.7 Å². The molecule has 1 aliphatic rings. The van der Waals surface area contributed by atoms with Crippen LogP contribution in [0.4, 0.5) is 5.13 Å². The van der Waals surface area contributed by atoms with Crippen LogP contribution in [0.25, 0.3) is 0 Å². The highest BCUT2D eigenvalue weighted by Gasteiger charge is 2.45. The van der Waals surface area contributed by atoms with Gasteiger partial charge in [-0.3, -0.25) is 4.79 Å². The second-order valence-corrected chi connectivity index (χ2v) is 7.16. The van der Waals surface area contributed by atoms with E-state index >= 15 is 0 Å². The van der Waals surface area contributed by atoms with Crippen LogP contribution >= 0.6 is 11.3 Å². The number of aliphatic hydroxyl groups is 1. The molecule has 1 amide bonds. The molecule has 2 aromatic heterocycles. The van der Waals surface area contributed by atoms with Gasteiger partial charge in [-0.2, -0.15) is 0 Å². The minimum absolute atomic E-state index is 0.284. The Morgan fingerprint density at radius 1 is 1.38 bits per heavy atom. The number of aromatic amines is 1. The number of nitrogens with one attached hydrogen (secondary N) is 2. The van der Waals surface area contributed by atoms with Crippen LogP contribution in [0, 0.1) is 0 Å². The number of carbonyl (C=O) groups is 1. The van der Waals surface area contributed by atoms with Crippen LogP contribution in [0.2, 0.25) is 0 Å². The van der Waals surface area contributed by atoms with Gasteiger partial charge in [-0.05, 0) is 12.0 Å². The van der Waals surface area contributed by atoms with Crippen molar-refractivity contribution in [2.75, 3.05) is 18.0 Å². The number of aromatic nitrogens is 3. The lowest BCUT2D eigenvalue weighted by atomic mass is 9.78. The molecule has 4 rings (SSSR count). The van der Waals surface area contributed by atoms with Crippen molar-refractivity contribution in [2.45, 2.75) is 18.1 Å². The Hall–Kier alpha value is -2.71. The number of carbonyl (C=O) groups excluding carboxylic acids is 1. The number of nitrogens with zero attached hydrogens (tertiary/aromatic N) is 3. The molecule has 2 atom stereocenters. The summed E-state index contributed by atoms with van der Waals surface area (Å²) in [4.78, 5) is 25.8. The molecule has 1 aliphatic heterocycles. The third kappa shape index (κ3) is 2.97. The Morgan fingerprint density at radius 2 is 2.23 bits per heavy atom. The highest BCUT2D eigenvalue weighted by Crippen LogP contribution is 2.35. The molecule has 3 heterocycles. The van der Waals surface area contributed by atoms with Crippen molar-refractivity contribution in [2.24, 2.45) is 0 Å². The van der Waals surface area contributed by atoms with Crippen molar-refractivity contribution >= 4 is 22.4 Å². The lowest BCUT2D eigenvalue weighted by Gasteiger charge is -2.46. The van der Waals surface area contributed by atoms with Gasteiger partial charge in [-0.25, -0.2) is 9.97 Å². The number of H-pyrrole nitrogens is 1. The fraction of sp³-hybridized carbons (Fsp3) is 0.278. The Kier molecular flexibility index (Phi) is 4.44. The van der Waals surface area contributed by atoms with Gasteiger partial charge in [-0.1, -0.05) is 30.3 Å². The third-order valence-corrected chi connectivity index (χ3v) is 5.63. The summed E-state index contributed by atoms with van der Waals surface area (Å²) in [5, 5.41) is 16.9. The average molecular weight is 369 g/mol. The van der Waals surface area contributed by atoms with Crippen LogP contribution in [0.5, 0.6) is 0 Å². The standard InChI is InChI=1S/C18H19N5O2S/c24-15-11-23(17-20-7-9-26-17)8-6-18(15,13-4-2-1-3-5-13)22-16(25)14-10-19-12-21-14/h1-5,7,9-10,12,15,24H,6,8,11H2,(H,19,21)(H,22,25)/t15-,18+/m1/s1. The zero-order chi connectivity index (χ0) is 18.0. The molecular weight excluding hydrogens is 350 g/mol. The first-order valence-corrected chi connectivity index (χ1v) is 9.26. The summed E-state index contributed by atoms with van der Waals surface area (Å²) < 4.78 is 0. The highest BCUT2D eigenvalue weighted by molar-refractivity contribution is 7.13. The van der Waals surface area contributed by atoms with Crippen LogP contribution in [-0.4, -0.2) is 45.2 Å². The summed E-state index contributed by atoms with van der Waals surface area (Å²) in [6.07, 6.45) is 4.48. The molecule has 7 nitrogen and oxygen atoms in total. The van der Waals surface area contributed by atoms with Gasteiger partial charge < -0.3 is 20.3 Å². The van der Waals surface area contributed by atoms with Gasteiger partial charge in [0.15, 0.2) is 5.13 Å². The Balaban J connectivity index is 1.65. The number of anilines is 1. The summed E-state index contributed by atoms with van der Waals surface area (Å²) in [5.74, 6) is -0.284. The predicted molar refractivity (Wildman–Crippen MR) is 99.1 cm³/mol. The first-order chi connectivity index (χ1) is 12.7. The van der Waals surface area contributed by atoms with Gasteiger partial charge in [0.25, 0.3) is 5.91 Å². The van der Waals surface area contributed by atoms with E-state index in [1.54, 1.807) is 17.5 Å². The molecule has 0 spiro atoms. The fourth-order valence-electron chi connectivity index (χ4n) is 3.42. The first kappa shape index (κ1) is 16.7. The Bertz CT molecular complexity index is 853. The number of thiazole rings is 1. The van der Waals surface area contributed by atoms with E-state index in [2.05, 4.69) is 25.2 Å². The molecule has 0 saturated carbocycles. The van der Waals surface area contributed by atoms with Crippen LogP contribution in [0.15, 0.2) is 54.4 Å². The summed E-state index contributed by atoms with van der Waals surface area (Å²) in [6, 6.07) is 9.63. The number of hydrogen-bond donors (Lipinski definition) is 3. The molecule has 3 N–H and O–H groups in total. The zero-order valence-electron chi connectivity index (χ0n) is 14.0. The number of hydrogen-bond acceptors (Lipinski definition) is 6. The number of rotatable bonds is 4. The second kappa shape index (κ2) is 6.89. The maximum atomic E-state index is 12.7. The smallest absolute Gasteiger partial charge is 0.270 e. The summed E-state index contributed by atoms with van der Waals surface area (Å²) in [7, 11) is 0. The van der Waals surface area contributed by atoms with E-state index in [1.807, 2.05) is 35.7 Å². The molecule has 1 fully saturated rings. The quantitative estimate of drug-likeness (QED) is 0.652. The van der Waals surface area contributed by atoms with Crippen LogP contribution in [0.1, 0.15) is 22.5 Å². The number of benzene rings is 1. The molecule has 0 radical (unpaired) electrons. The minimum atomic E-state index is -0.864. The van der Waals surface area contributed by atoms with Gasteiger partial charge in [0.05, 0.1) is 24.2 Å². The molecule has 26 heavy (non-hydrogen) atoms. The van der Waals surface area contributed by atoms with E-state index in [4.69, 9.17) is 0 Å². The molecule has 1 aromatic carbocycles. The highest BCUT2D eigenvalue weighted by atomic mass is 32.1. The summed E-state index contributed by atoms with van der Waals surface area (Å²) >= 11 is 1.54. The van der Waals surface area contributed by atoms with Crippen molar-refractivity contribution in [1.29, 1.82) is 0 Å². The normalized spacial score (nSPS) is 23.0. The molecule has 8 heteroatoms. The monoisotopic (exact) mass is 369 g/mol. The average Bonchev–Trinajstić information content (AvgIpc) is 3.38. The lowest BCUT2D eigenvalue weighted by molar-refractivity contribution is 0.0364. The molecule has 1 saturated heterocycles. The van der Waals surface area contributed by atoms with Crippen molar-refractivity contribution in [3.63, 3.8) is 0 Å². The van der Waals surface area contributed by atoms with Gasteiger partial charge >= 0.3 is 0 Å². The van der Waals surface area contributed by atoms with Crippen molar-refractivity contribution in [3.8, 4) is 0 Å². The Labute approximate surface area is 154 Å². The number of amides is 1. The number of piperidine rings is 1. The van der Waals surface area contributed by atoms with Crippen molar-refractivity contribution in [3.05, 3.63) is 65.7 Å². The topological polar surface area (TPSA) is 94.1 Å². The maximum Gasteiger partial charge on any atom is 0.270 e. The summed E-state index contributed by atoms with van der Waals surface area (Å²) in [6.45, 7) is 1.08. The maximum absolute atomic E-state index is 12.7. The molecular formula is C18H19N5O2S. The van der Waals surface area contributed by atoms with Gasteiger partial charge in [0.1, 0.15) is 5.69 Å². The van der Waals surface area contributed by atoms with E-state index in [1.165, 1.54) is 12.5 Å². The molecule has 0 aliphatic carbocycles. The Morgan fingerprint density at radius 3 is 2.88 bits per heavy atom. The van der Waals surface area contributed by atoms with E-state index < -0.39 is 11.6 Å². The summed E-state index contributed by atoms with van der Waals surface area (Å²) in [5.41, 5.74) is 0.394. The van der Waals surface area contributed by atoms with E-state index in [9.17, 15) is 9.90 Å². The van der Waals surface area contributed by atoms with Gasteiger partial charge in [-0.15, -0.1) is 11.3 Å². The van der Waals surface area contributed by atoms with Crippen LogP contribution < -0.4 is 10.2 Å². The molecule has 134 valence electrons. The lowest BCUT2D eigenvalue weighted by Crippen LogP contribution is -2.62. The van der Waals surface area contributed by atoms with Crippen LogP contribution in [-0.2, 0) is 5.54 Å². The van der Waals surface area contributed by atoms with Crippen molar-refractivity contribution in [1.82, 2.24) is 20.3 Å². The molecule has 3 aromatic rings. The number of aliphatic hydroxyl groups excluding tert-OH is 1. The van der Waals surface area contributed by atoms with E-state index in [-0.39, 0.29) is 5.91 Å². The third-order valence-electron chi connectivity index (χ3n) is 4.80. The van der Waals surface area contributed by atoms with E-state index in [0.717, 1.165) is 10.7 Å². The number of β-amino-alcohol motifs (C(OH)–C–C–N with tert-alkyl or cyclic N) is 1. The van der Waals surface area contributed by atoms with Crippen molar-refractivity contribution < 1.29 is 9.90 Å². The predicted octanol–water partition coefficient (Wildman–Crippen LogP) is 1.76. The largest absolute Gasteiger partial charge is 0.388 e. The number of imidazole rings is 1. The molecule has 0 unspecified atom stereocenters. The first-order valence-electron chi connectivity index (χ1n) is 8.38. The zero-order valence-corrected chi connectivity index (χ0v) is 14.8. The fourth-order valence-corrected chi connectivity index (χ4v) is 4.10. The molecule has 0 bridgehead atoms. The SMILES string of the molecule is O=C(N[C@]1(c2ccccc2)CCN(c2nccs2)C[C@H]1O)c1cnc[nH]1.